The topological polar surface area (TPSA) is 51.5 Å². The third kappa shape index (κ3) is 2.11. The fourth-order valence-corrected chi connectivity index (χ4v) is 2.36. The number of nitrogens with zero attached hydrogens (tertiary/aromatic N) is 1. The molecule has 88 valence electrons. The maximum Gasteiger partial charge on any atom is 0.352 e. The van der Waals surface area contributed by atoms with E-state index in [0.717, 1.165) is 26.1 Å². The van der Waals surface area contributed by atoms with E-state index < -0.39 is 5.97 Å². The number of aromatic carboxylic acids is 1. The molecule has 16 heavy (non-hydrogen) atoms. The number of carboxylic acid groups (broad SMARTS) is 1. The molecule has 1 atom stereocenters. The van der Waals surface area contributed by atoms with Crippen LogP contribution >= 0.6 is 0 Å². The Labute approximate surface area is 94.8 Å². The number of rotatable bonds is 3. The molecule has 0 spiro atoms. The maximum absolute atomic E-state index is 11.0. The molecule has 0 radical (unpaired) electrons. The van der Waals surface area contributed by atoms with Crippen molar-refractivity contribution in [3.8, 4) is 0 Å². The third-order valence-corrected chi connectivity index (χ3v) is 3.39. The standard InChI is InChI=1S/C12H17NO3/c1-9(10-4-7-16-8-5-10)13-6-2-3-11(13)12(14)15/h2-3,6,9-10H,4-5,7-8H2,1H3,(H,14,15). The molecular weight excluding hydrogens is 206 g/mol. The van der Waals surface area contributed by atoms with Gasteiger partial charge >= 0.3 is 5.97 Å². The lowest BCUT2D eigenvalue weighted by molar-refractivity contribution is 0.0497. The van der Waals surface area contributed by atoms with Gasteiger partial charge in [-0.25, -0.2) is 4.79 Å². The van der Waals surface area contributed by atoms with Crippen LogP contribution in [0.25, 0.3) is 0 Å². The average Bonchev–Trinajstić information content (AvgIpc) is 2.78. The predicted molar refractivity (Wildman–Crippen MR) is 59.6 cm³/mol. The second-order valence-corrected chi connectivity index (χ2v) is 4.30. The minimum atomic E-state index is -0.857. The van der Waals surface area contributed by atoms with E-state index >= 15 is 0 Å². The normalized spacial score (nSPS) is 19.6. The van der Waals surface area contributed by atoms with Gasteiger partial charge in [0.1, 0.15) is 5.69 Å². The van der Waals surface area contributed by atoms with Crippen LogP contribution in [0.3, 0.4) is 0 Å². The van der Waals surface area contributed by atoms with Crippen molar-refractivity contribution in [3.05, 3.63) is 24.0 Å². The molecule has 0 amide bonds. The van der Waals surface area contributed by atoms with Crippen LogP contribution in [0.5, 0.6) is 0 Å². The fraction of sp³-hybridized carbons (Fsp3) is 0.583. The fourth-order valence-electron chi connectivity index (χ4n) is 2.36. The first-order chi connectivity index (χ1) is 7.70. The summed E-state index contributed by atoms with van der Waals surface area (Å²) < 4.78 is 7.18. The lowest BCUT2D eigenvalue weighted by Crippen LogP contribution is -2.25. The van der Waals surface area contributed by atoms with E-state index in [4.69, 9.17) is 9.84 Å². The number of aromatic nitrogens is 1. The average molecular weight is 223 g/mol. The van der Waals surface area contributed by atoms with Gasteiger partial charge in [-0.2, -0.15) is 0 Å². The Kier molecular flexibility index (Phi) is 3.29. The lowest BCUT2D eigenvalue weighted by Gasteiger charge is -2.29. The van der Waals surface area contributed by atoms with Crippen LogP contribution in [0.15, 0.2) is 18.3 Å². The number of carbonyl (C=O) groups is 1. The van der Waals surface area contributed by atoms with Crippen molar-refractivity contribution in [2.24, 2.45) is 5.92 Å². The number of carboxylic acids is 1. The lowest BCUT2D eigenvalue weighted by atomic mass is 9.92. The Morgan fingerprint density at radius 3 is 2.88 bits per heavy atom. The predicted octanol–water partition coefficient (Wildman–Crippen LogP) is 2.17. The van der Waals surface area contributed by atoms with Crippen molar-refractivity contribution >= 4 is 5.97 Å². The molecule has 0 aromatic carbocycles. The minimum absolute atomic E-state index is 0.227. The summed E-state index contributed by atoms with van der Waals surface area (Å²) in [6, 6.07) is 3.67. The molecular formula is C12H17NO3. The van der Waals surface area contributed by atoms with Crippen LogP contribution in [0.4, 0.5) is 0 Å². The second kappa shape index (κ2) is 4.70. The summed E-state index contributed by atoms with van der Waals surface area (Å²) in [5.74, 6) is -0.344. The van der Waals surface area contributed by atoms with Crippen molar-refractivity contribution in [1.82, 2.24) is 4.57 Å². The smallest absolute Gasteiger partial charge is 0.352 e. The summed E-state index contributed by atoms with van der Waals surface area (Å²) >= 11 is 0. The molecule has 0 saturated carbocycles. The molecule has 1 aliphatic heterocycles. The molecule has 1 fully saturated rings. The second-order valence-electron chi connectivity index (χ2n) is 4.30. The van der Waals surface area contributed by atoms with Crippen LogP contribution in [0.1, 0.15) is 36.3 Å². The molecule has 1 aliphatic rings. The van der Waals surface area contributed by atoms with Gasteiger partial charge in [0.25, 0.3) is 0 Å². The summed E-state index contributed by atoms with van der Waals surface area (Å²) in [4.78, 5) is 11.0. The summed E-state index contributed by atoms with van der Waals surface area (Å²) in [5, 5.41) is 9.06. The molecule has 1 saturated heterocycles. The number of hydrogen-bond donors (Lipinski definition) is 1. The highest BCUT2D eigenvalue weighted by Gasteiger charge is 2.24. The molecule has 4 nitrogen and oxygen atoms in total. The largest absolute Gasteiger partial charge is 0.477 e. The SMILES string of the molecule is CC(C1CCOCC1)n1cccc1C(=O)O. The van der Waals surface area contributed by atoms with E-state index in [0.29, 0.717) is 11.6 Å². The maximum atomic E-state index is 11.0. The number of hydrogen-bond acceptors (Lipinski definition) is 2. The zero-order chi connectivity index (χ0) is 11.5. The van der Waals surface area contributed by atoms with Gasteiger partial charge in [-0.05, 0) is 37.8 Å². The Morgan fingerprint density at radius 1 is 1.56 bits per heavy atom. The van der Waals surface area contributed by atoms with Crippen LogP contribution in [-0.4, -0.2) is 28.9 Å². The van der Waals surface area contributed by atoms with Gasteiger partial charge in [0.05, 0.1) is 0 Å². The molecule has 0 aliphatic carbocycles. The number of ether oxygens (including phenoxy) is 1. The highest BCUT2D eigenvalue weighted by Crippen LogP contribution is 2.28. The van der Waals surface area contributed by atoms with Gasteiger partial charge < -0.3 is 14.4 Å². The highest BCUT2D eigenvalue weighted by molar-refractivity contribution is 5.85. The molecule has 1 aromatic rings. The molecule has 0 bridgehead atoms. The van der Waals surface area contributed by atoms with Crippen molar-refractivity contribution < 1.29 is 14.6 Å². The van der Waals surface area contributed by atoms with Crippen LogP contribution in [0, 0.1) is 5.92 Å². The molecule has 1 unspecified atom stereocenters. The first kappa shape index (κ1) is 11.2. The third-order valence-electron chi connectivity index (χ3n) is 3.39. The summed E-state index contributed by atoms with van der Waals surface area (Å²) in [7, 11) is 0. The summed E-state index contributed by atoms with van der Waals surface area (Å²) in [6.45, 7) is 3.67. The Bertz CT molecular complexity index is 366. The van der Waals surface area contributed by atoms with Crippen LogP contribution < -0.4 is 0 Å². The summed E-state index contributed by atoms with van der Waals surface area (Å²) in [6.07, 6.45) is 3.88. The van der Waals surface area contributed by atoms with Gasteiger partial charge in [-0.1, -0.05) is 0 Å². The van der Waals surface area contributed by atoms with E-state index in [1.165, 1.54) is 0 Å². The summed E-state index contributed by atoms with van der Waals surface area (Å²) in [5.41, 5.74) is 0.374. The first-order valence-corrected chi connectivity index (χ1v) is 5.68. The first-order valence-electron chi connectivity index (χ1n) is 5.68. The molecule has 1 N–H and O–H groups in total. The Hall–Kier alpha value is -1.29. The zero-order valence-electron chi connectivity index (χ0n) is 9.43. The van der Waals surface area contributed by atoms with Crippen molar-refractivity contribution in [2.45, 2.75) is 25.8 Å². The van der Waals surface area contributed by atoms with Crippen molar-refractivity contribution in [2.75, 3.05) is 13.2 Å². The molecule has 2 heterocycles. The van der Waals surface area contributed by atoms with E-state index in [2.05, 4.69) is 6.92 Å². The van der Waals surface area contributed by atoms with Crippen LogP contribution in [0.2, 0.25) is 0 Å². The van der Waals surface area contributed by atoms with E-state index in [9.17, 15) is 4.79 Å². The Balaban J connectivity index is 2.15. The molecule has 4 heteroatoms. The Morgan fingerprint density at radius 2 is 2.25 bits per heavy atom. The quantitative estimate of drug-likeness (QED) is 0.854. The monoisotopic (exact) mass is 223 g/mol. The van der Waals surface area contributed by atoms with Crippen molar-refractivity contribution in [1.29, 1.82) is 0 Å². The van der Waals surface area contributed by atoms with Gasteiger partial charge in [-0.3, -0.25) is 0 Å². The van der Waals surface area contributed by atoms with Gasteiger partial charge in [0.15, 0.2) is 0 Å². The van der Waals surface area contributed by atoms with E-state index in [1.54, 1.807) is 12.1 Å². The van der Waals surface area contributed by atoms with E-state index in [1.807, 2.05) is 10.8 Å². The highest BCUT2D eigenvalue weighted by atomic mass is 16.5. The van der Waals surface area contributed by atoms with Crippen molar-refractivity contribution in [3.63, 3.8) is 0 Å². The zero-order valence-corrected chi connectivity index (χ0v) is 9.43. The van der Waals surface area contributed by atoms with E-state index in [-0.39, 0.29) is 6.04 Å². The molecule has 1 aromatic heterocycles. The van der Waals surface area contributed by atoms with Gasteiger partial charge in [0, 0.05) is 25.5 Å². The van der Waals surface area contributed by atoms with Gasteiger partial charge in [-0.15, -0.1) is 0 Å². The van der Waals surface area contributed by atoms with Gasteiger partial charge in [0.2, 0.25) is 0 Å². The van der Waals surface area contributed by atoms with Crippen LogP contribution in [-0.2, 0) is 4.74 Å². The molecule has 2 rings (SSSR count). The minimum Gasteiger partial charge on any atom is -0.477 e.